The second kappa shape index (κ2) is 22.0. The molecule has 0 amide bonds. The van der Waals surface area contributed by atoms with Crippen LogP contribution in [-0.2, 0) is 47.5 Å². The molecule has 0 rings (SSSR count). The van der Waals surface area contributed by atoms with Crippen LogP contribution in [0.15, 0.2) is 0 Å². The fourth-order valence-corrected chi connectivity index (χ4v) is 1.71. The molecular formula is C18H34O10. The van der Waals surface area contributed by atoms with Crippen LogP contribution in [0.25, 0.3) is 0 Å². The zero-order valence-electron chi connectivity index (χ0n) is 17.0. The maximum absolute atomic E-state index is 11.0. The first kappa shape index (κ1) is 26.7. The molecule has 28 heavy (non-hydrogen) atoms. The van der Waals surface area contributed by atoms with Gasteiger partial charge in [0.25, 0.3) is 0 Å². The maximum atomic E-state index is 11.0. The van der Waals surface area contributed by atoms with E-state index in [4.69, 9.17) is 37.9 Å². The lowest BCUT2D eigenvalue weighted by atomic mass is 10.6. The van der Waals surface area contributed by atoms with Crippen molar-refractivity contribution in [2.75, 3.05) is 92.5 Å². The Morgan fingerprint density at radius 1 is 0.464 bits per heavy atom. The summed E-state index contributed by atoms with van der Waals surface area (Å²) < 4.78 is 40.9. The number of carbonyl (C=O) groups excluding carboxylic acids is 2. The first-order chi connectivity index (χ1) is 13.7. The van der Waals surface area contributed by atoms with Crippen molar-refractivity contribution in [2.24, 2.45) is 0 Å². The molecule has 0 bridgehead atoms. The predicted octanol–water partition coefficient (Wildman–Crippen LogP) is 0.212. The van der Waals surface area contributed by atoms with Crippen molar-refractivity contribution in [3.05, 3.63) is 0 Å². The van der Waals surface area contributed by atoms with Crippen LogP contribution in [0, 0.1) is 0 Å². The van der Waals surface area contributed by atoms with Crippen LogP contribution in [0.4, 0.5) is 0 Å². The van der Waals surface area contributed by atoms with Gasteiger partial charge in [-0.25, -0.2) is 9.59 Å². The van der Waals surface area contributed by atoms with Gasteiger partial charge in [-0.1, -0.05) is 0 Å². The van der Waals surface area contributed by atoms with E-state index in [9.17, 15) is 9.59 Å². The highest BCUT2D eigenvalue weighted by Gasteiger charge is 2.01. The summed E-state index contributed by atoms with van der Waals surface area (Å²) in [5.74, 6) is -0.753. The molecule has 0 heterocycles. The molecule has 0 aromatic rings. The minimum atomic E-state index is -0.376. The molecule has 0 aliphatic heterocycles. The summed E-state index contributed by atoms with van der Waals surface area (Å²) in [7, 11) is 0. The number of hydrogen-bond donors (Lipinski definition) is 0. The van der Waals surface area contributed by atoms with Gasteiger partial charge >= 0.3 is 11.9 Å². The van der Waals surface area contributed by atoms with Crippen molar-refractivity contribution in [2.45, 2.75) is 13.8 Å². The van der Waals surface area contributed by atoms with E-state index in [0.717, 1.165) is 0 Å². The van der Waals surface area contributed by atoms with Gasteiger partial charge in [-0.05, 0) is 13.8 Å². The van der Waals surface area contributed by atoms with E-state index in [1.54, 1.807) is 13.8 Å². The number of rotatable bonds is 21. The molecule has 10 heteroatoms. The third kappa shape index (κ3) is 21.0. The van der Waals surface area contributed by atoms with Gasteiger partial charge < -0.3 is 37.9 Å². The molecule has 0 unspecified atom stereocenters. The van der Waals surface area contributed by atoms with E-state index in [1.165, 1.54) is 0 Å². The average molecular weight is 410 g/mol. The third-order valence-electron chi connectivity index (χ3n) is 2.91. The SMILES string of the molecule is CCOC(=O)COCCOCCOCCOCCOCCOCC(=O)OCC. The van der Waals surface area contributed by atoms with E-state index < -0.39 is 0 Å². The van der Waals surface area contributed by atoms with Crippen LogP contribution >= 0.6 is 0 Å². The normalized spacial score (nSPS) is 10.8. The number of carbonyl (C=O) groups is 2. The maximum Gasteiger partial charge on any atom is 0.332 e. The van der Waals surface area contributed by atoms with E-state index in [0.29, 0.717) is 79.3 Å². The Bertz CT molecular complexity index is 330. The molecule has 0 fully saturated rings. The largest absolute Gasteiger partial charge is 0.464 e. The monoisotopic (exact) mass is 410 g/mol. The van der Waals surface area contributed by atoms with Gasteiger partial charge in [0.15, 0.2) is 0 Å². The van der Waals surface area contributed by atoms with E-state index in [2.05, 4.69) is 0 Å². The van der Waals surface area contributed by atoms with Gasteiger partial charge in [0.2, 0.25) is 0 Å². The molecule has 0 aliphatic carbocycles. The van der Waals surface area contributed by atoms with Gasteiger partial charge in [0.05, 0.1) is 79.3 Å². The Hall–Kier alpha value is -1.30. The van der Waals surface area contributed by atoms with Crippen molar-refractivity contribution < 1.29 is 47.5 Å². The van der Waals surface area contributed by atoms with Crippen molar-refractivity contribution in [3.63, 3.8) is 0 Å². The lowest BCUT2D eigenvalue weighted by Crippen LogP contribution is -2.17. The first-order valence-corrected chi connectivity index (χ1v) is 9.48. The van der Waals surface area contributed by atoms with Gasteiger partial charge in [-0.2, -0.15) is 0 Å². The number of hydrogen-bond acceptors (Lipinski definition) is 10. The van der Waals surface area contributed by atoms with Crippen LogP contribution < -0.4 is 0 Å². The highest BCUT2D eigenvalue weighted by molar-refractivity contribution is 5.70. The van der Waals surface area contributed by atoms with Crippen molar-refractivity contribution in [1.29, 1.82) is 0 Å². The Balaban J connectivity index is 3.08. The Kier molecular flexibility index (Phi) is 21.0. The van der Waals surface area contributed by atoms with Crippen LogP contribution in [0.2, 0.25) is 0 Å². The zero-order chi connectivity index (χ0) is 20.7. The predicted molar refractivity (Wildman–Crippen MR) is 98.2 cm³/mol. The molecule has 0 aromatic heterocycles. The van der Waals surface area contributed by atoms with Crippen LogP contribution in [-0.4, -0.2) is 104 Å². The lowest BCUT2D eigenvalue weighted by Gasteiger charge is -2.08. The molecule has 0 N–H and O–H groups in total. The summed E-state index contributed by atoms with van der Waals surface area (Å²) in [6, 6.07) is 0. The first-order valence-electron chi connectivity index (χ1n) is 9.48. The van der Waals surface area contributed by atoms with Crippen LogP contribution in [0.5, 0.6) is 0 Å². The quantitative estimate of drug-likeness (QED) is 0.192. The second-order valence-corrected chi connectivity index (χ2v) is 5.16. The van der Waals surface area contributed by atoms with Gasteiger partial charge in [0, 0.05) is 0 Å². The number of ether oxygens (including phenoxy) is 8. The van der Waals surface area contributed by atoms with Crippen molar-refractivity contribution in [1.82, 2.24) is 0 Å². The minimum Gasteiger partial charge on any atom is -0.464 e. The van der Waals surface area contributed by atoms with Crippen LogP contribution in [0.3, 0.4) is 0 Å². The smallest absolute Gasteiger partial charge is 0.332 e. The summed E-state index contributed by atoms with van der Waals surface area (Å²) in [5.41, 5.74) is 0. The Morgan fingerprint density at radius 2 is 0.714 bits per heavy atom. The fourth-order valence-electron chi connectivity index (χ4n) is 1.71. The molecule has 0 spiro atoms. The summed E-state index contributed by atoms with van der Waals surface area (Å²) in [6.45, 7) is 8.22. The van der Waals surface area contributed by atoms with Gasteiger partial charge in [0.1, 0.15) is 13.2 Å². The Morgan fingerprint density at radius 3 is 0.964 bits per heavy atom. The standard InChI is InChI=1S/C18H34O10/c1-3-27-17(19)15-25-13-11-23-9-7-21-5-6-22-8-10-24-12-14-26-16-18(20)28-4-2/h3-16H2,1-2H3. The van der Waals surface area contributed by atoms with Crippen LogP contribution in [0.1, 0.15) is 13.8 Å². The van der Waals surface area contributed by atoms with Crippen molar-refractivity contribution >= 4 is 11.9 Å². The second-order valence-electron chi connectivity index (χ2n) is 5.16. The molecule has 0 saturated carbocycles. The molecule has 0 radical (unpaired) electrons. The van der Waals surface area contributed by atoms with Crippen molar-refractivity contribution in [3.8, 4) is 0 Å². The average Bonchev–Trinajstić information content (AvgIpc) is 2.67. The molecule has 166 valence electrons. The number of esters is 2. The van der Waals surface area contributed by atoms with E-state index in [-0.39, 0.29) is 25.2 Å². The summed E-state index contributed by atoms with van der Waals surface area (Å²) >= 11 is 0. The highest BCUT2D eigenvalue weighted by Crippen LogP contribution is 1.86. The molecular weight excluding hydrogens is 376 g/mol. The van der Waals surface area contributed by atoms with E-state index >= 15 is 0 Å². The molecule has 0 saturated heterocycles. The molecule has 0 aliphatic rings. The molecule has 0 aromatic carbocycles. The van der Waals surface area contributed by atoms with Gasteiger partial charge in [-0.15, -0.1) is 0 Å². The topological polar surface area (TPSA) is 108 Å². The van der Waals surface area contributed by atoms with Gasteiger partial charge in [-0.3, -0.25) is 0 Å². The Labute approximate surface area is 166 Å². The molecule has 10 nitrogen and oxygen atoms in total. The third-order valence-corrected chi connectivity index (χ3v) is 2.91. The zero-order valence-corrected chi connectivity index (χ0v) is 17.0. The van der Waals surface area contributed by atoms with E-state index in [1.807, 2.05) is 0 Å². The summed E-state index contributed by atoms with van der Waals surface area (Å²) in [4.78, 5) is 22.0. The summed E-state index contributed by atoms with van der Waals surface area (Å²) in [6.07, 6.45) is 0. The lowest BCUT2D eigenvalue weighted by molar-refractivity contribution is -0.149. The minimum absolute atomic E-state index is 0.0601. The fraction of sp³-hybridized carbons (Fsp3) is 0.889. The highest BCUT2D eigenvalue weighted by atomic mass is 16.6. The summed E-state index contributed by atoms with van der Waals surface area (Å²) in [5, 5.41) is 0. The molecule has 0 atom stereocenters.